The number of aliphatic hydroxyl groups is 2. The third-order valence-corrected chi connectivity index (χ3v) is 18.6. The summed E-state index contributed by atoms with van der Waals surface area (Å²) in [5.74, 6) is -4.15. The third-order valence-electron chi connectivity index (χ3n) is 14.7. The number of fused-ring (bicyclic) bond motifs is 5. The predicted octanol–water partition coefficient (Wildman–Crippen LogP) is 6.97. The van der Waals surface area contributed by atoms with Crippen LogP contribution in [0, 0.1) is 16.7 Å². The van der Waals surface area contributed by atoms with Gasteiger partial charge in [0.1, 0.15) is 17.8 Å². The van der Waals surface area contributed by atoms with Crippen LogP contribution < -0.4 is 0 Å². The molecule has 9 atom stereocenters. The van der Waals surface area contributed by atoms with Gasteiger partial charge in [0.2, 0.25) is 8.32 Å². The van der Waals surface area contributed by atoms with Crippen LogP contribution in [0.1, 0.15) is 81.4 Å². The molecule has 2 saturated carbocycles. The maximum atomic E-state index is 16.5. The number of hydrogen-bond donors (Lipinski definition) is 2. The van der Waals surface area contributed by atoms with Crippen LogP contribution in [0.4, 0.5) is 0 Å². The van der Waals surface area contributed by atoms with Crippen molar-refractivity contribution in [2.75, 3.05) is 6.61 Å². The van der Waals surface area contributed by atoms with E-state index < -0.39 is 90.5 Å². The second-order valence-electron chi connectivity index (χ2n) is 19.0. The molecule has 2 N–H and O–H groups in total. The van der Waals surface area contributed by atoms with Crippen molar-refractivity contribution >= 4 is 32.0 Å². The fourth-order valence-corrected chi connectivity index (χ4v) is 16.1. The van der Waals surface area contributed by atoms with E-state index in [4.69, 9.17) is 23.4 Å². The molecule has 3 fully saturated rings. The quantitative estimate of drug-likeness (QED) is 0.0657. The number of rotatable bonds is 12. The first-order chi connectivity index (χ1) is 30.4. The van der Waals surface area contributed by atoms with Crippen molar-refractivity contribution < 1.29 is 52.8 Å². The Morgan fingerprint density at radius 2 is 1.25 bits per heavy atom. The molecule has 0 aromatic heterocycles. The van der Waals surface area contributed by atoms with Gasteiger partial charge < -0.3 is 33.6 Å². The van der Waals surface area contributed by atoms with E-state index in [1.807, 2.05) is 54.6 Å². The number of ether oxygens (including phenoxy) is 4. The topological polar surface area (TPSA) is 155 Å². The second-order valence-corrected chi connectivity index (χ2v) is 22.7. The fourth-order valence-electron chi connectivity index (χ4n) is 11.6. The summed E-state index contributed by atoms with van der Waals surface area (Å²) in [5, 5.41) is 25.6. The molecular formula is C52H58O11Si. The molecule has 0 spiro atoms. The highest BCUT2D eigenvalue weighted by Crippen LogP contribution is 2.65. The average Bonchev–Trinajstić information content (AvgIpc) is 3.25. The van der Waals surface area contributed by atoms with Crippen molar-refractivity contribution in [3.8, 4) is 0 Å². The molecular weight excluding hydrogens is 829 g/mol. The van der Waals surface area contributed by atoms with Crippen molar-refractivity contribution in [3.05, 3.63) is 155 Å². The van der Waals surface area contributed by atoms with Gasteiger partial charge in [0, 0.05) is 32.1 Å². The number of ketones is 1. The summed E-state index contributed by atoms with van der Waals surface area (Å²) in [5.41, 5.74) is -3.19. The van der Waals surface area contributed by atoms with Crippen LogP contribution in [-0.2, 0) is 55.9 Å². The standard InChI is InChI=1S/C52H58O11Si/c1-33-40(55)28-52(58)47(61-48(57)39-25-17-10-18-26-39)45-50(6,46(56)44(60-34(2)53)43(33)49(52,4)5)41(27-42-51(45,32-59-42)62-35(3)54)63-64(29-36-19-11-7-12-20-36,30-37-21-13-8-14-22-37)31-38-23-15-9-16-24-38/h7-26,40-42,44-45,47,55,58H,27-32H2,1-6H3/t40-,41-,42+,44+,45?,47?,50+,51-,52+/m0/s1. The lowest BCUT2D eigenvalue weighted by atomic mass is 9.44. The minimum absolute atomic E-state index is 0.0771. The first-order valence-corrected chi connectivity index (χ1v) is 24.7. The van der Waals surface area contributed by atoms with Crippen molar-refractivity contribution in [1.29, 1.82) is 0 Å². The van der Waals surface area contributed by atoms with Gasteiger partial charge in [-0.25, -0.2) is 4.79 Å². The SMILES string of the molecule is CC(=O)O[C@H]1C(=O)[C@@]2(C)C(C(OC(=O)c3ccccc3)[C@]3(O)C[C@H](O)C(C)=C1C3(C)C)[C@]1(OC(C)=O)CO[C@@H]1C[C@@H]2O[Si](Cc1ccccc1)(Cc1ccccc1)Cc1ccccc1. The molecule has 0 radical (unpaired) electrons. The van der Waals surface area contributed by atoms with Crippen molar-refractivity contribution in [1.82, 2.24) is 0 Å². The number of Topliss-reactive ketones (excluding diaryl/α,β-unsaturated/α-hetero) is 1. The van der Waals surface area contributed by atoms with Gasteiger partial charge in [-0.15, -0.1) is 0 Å². The molecule has 3 aliphatic carbocycles. The van der Waals surface area contributed by atoms with Crippen LogP contribution in [0.3, 0.4) is 0 Å². The van der Waals surface area contributed by atoms with Crippen LogP contribution >= 0.6 is 0 Å². The average molecular weight is 887 g/mol. The lowest BCUT2D eigenvalue weighted by Gasteiger charge is -2.68. The number of aliphatic hydroxyl groups excluding tert-OH is 1. The summed E-state index contributed by atoms with van der Waals surface area (Å²) < 4.78 is 33.5. The van der Waals surface area contributed by atoms with Gasteiger partial charge in [0.15, 0.2) is 17.5 Å². The molecule has 12 heteroatoms. The zero-order valence-corrected chi connectivity index (χ0v) is 38.3. The molecule has 4 aliphatic rings. The molecule has 4 aromatic carbocycles. The molecule has 0 amide bonds. The van der Waals surface area contributed by atoms with Crippen LogP contribution in [-0.4, -0.2) is 90.6 Å². The highest BCUT2D eigenvalue weighted by atomic mass is 28.4. The van der Waals surface area contributed by atoms with Crippen LogP contribution in [0.2, 0.25) is 0 Å². The van der Waals surface area contributed by atoms with E-state index in [-0.39, 0.29) is 30.6 Å². The maximum Gasteiger partial charge on any atom is 0.338 e. The highest BCUT2D eigenvalue weighted by Gasteiger charge is 2.79. The molecule has 1 heterocycles. The Morgan fingerprint density at radius 3 is 1.70 bits per heavy atom. The number of esters is 3. The van der Waals surface area contributed by atoms with E-state index in [2.05, 4.69) is 36.4 Å². The number of benzene rings is 4. The summed E-state index contributed by atoms with van der Waals surface area (Å²) in [4.78, 5) is 57.7. The molecule has 4 aromatic rings. The van der Waals surface area contributed by atoms with Gasteiger partial charge in [-0.05, 0) is 71.9 Å². The first kappa shape index (κ1) is 45.3. The monoisotopic (exact) mass is 886 g/mol. The Hall–Kier alpha value is -5.24. The van der Waals surface area contributed by atoms with Gasteiger partial charge in [-0.2, -0.15) is 0 Å². The Labute approximate surface area is 375 Å². The molecule has 8 rings (SSSR count). The van der Waals surface area contributed by atoms with Gasteiger partial charge in [-0.1, -0.05) is 123 Å². The largest absolute Gasteiger partial charge is 0.455 e. The Morgan fingerprint density at radius 1 is 0.750 bits per heavy atom. The van der Waals surface area contributed by atoms with E-state index >= 15 is 4.79 Å². The molecule has 1 saturated heterocycles. The van der Waals surface area contributed by atoms with Crippen LogP contribution in [0.15, 0.2) is 132 Å². The second kappa shape index (κ2) is 17.3. The van der Waals surface area contributed by atoms with Crippen LogP contribution in [0.25, 0.3) is 0 Å². The number of carbonyl (C=O) groups is 4. The van der Waals surface area contributed by atoms with E-state index in [0.717, 1.165) is 16.7 Å². The summed E-state index contributed by atoms with van der Waals surface area (Å²) in [7, 11) is -3.28. The van der Waals surface area contributed by atoms with E-state index in [9.17, 15) is 24.6 Å². The van der Waals surface area contributed by atoms with E-state index in [1.165, 1.54) is 13.8 Å². The molecule has 1 aliphatic heterocycles. The molecule has 2 unspecified atom stereocenters. The lowest BCUT2D eigenvalue weighted by Crippen LogP contribution is -2.82. The summed E-state index contributed by atoms with van der Waals surface area (Å²) in [6.07, 6.45) is -6.72. The van der Waals surface area contributed by atoms with Gasteiger partial charge in [0.25, 0.3) is 0 Å². The molecule has 11 nitrogen and oxygen atoms in total. The predicted molar refractivity (Wildman–Crippen MR) is 240 cm³/mol. The van der Waals surface area contributed by atoms with Gasteiger partial charge >= 0.3 is 17.9 Å². The third kappa shape index (κ3) is 7.87. The fraction of sp³-hybridized carbons (Fsp3) is 0.423. The normalized spacial score (nSPS) is 30.7. The van der Waals surface area contributed by atoms with Gasteiger partial charge in [-0.3, -0.25) is 14.4 Å². The Kier molecular flexibility index (Phi) is 12.2. The Bertz CT molecular complexity index is 2310. The van der Waals surface area contributed by atoms with Crippen molar-refractivity contribution in [2.45, 2.75) is 114 Å². The zero-order chi connectivity index (χ0) is 45.7. The highest BCUT2D eigenvalue weighted by molar-refractivity contribution is 6.72. The maximum absolute atomic E-state index is 16.5. The lowest BCUT2D eigenvalue weighted by molar-refractivity contribution is -0.344. The zero-order valence-electron chi connectivity index (χ0n) is 37.3. The van der Waals surface area contributed by atoms with Crippen LogP contribution in [0.5, 0.6) is 0 Å². The minimum atomic E-state index is -3.28. The van der Waals surface area contributed by atoms with Gasteiger partial charge in [0.05, 0.1) is 35.7 Å². The molecule has 336 valence electrons. The Balaban J connectivity index is 1.41. The summed E-state index contributed by atoms with van der Waals surface area (Å²) >= 11 is 0. The summed E-state index contributed by atoms with van der Waals surface area (Å²) in [6.45, 7) is 9.10. The van der Waals surface area contributed by atoms with E-state index in [0.29, 0.717) is 23.7 Å². The smallest absolute Gasteiger partial charge is 0.338 e. The molecule has 2 bridgehead atoms. The number of carbonyl (C=O) groups excluding carboxylic acids is 4. The molecule has 64 heavy (non-hydrogen) atoms. The van der Waals surface area contributed by atoms with Crippen molar-refractivity contribution in [3.63, 3.8) is 0 Å². The van der Waals surface area contributed by atoms with E-state index in [1.54, 1.807) is 58.0 Å². The minimum Gasteiger partial charge on any atom is -0.455 e. The van der Waals surface area contributed by atoms with Crippen molar-refractivity contribution in [2.24, 2.45) is 16.7 Å². The summed E-state index contributed by atoms with van der Waals surface area (Å²) in [6, 6.07) is 40.2. The number of hydrogen-bond acceptors (Lipinski definition) is 11. The first-order valence-electron chi connectivity index (χ1n) is 22.1.